The second kappa shape index (κ2) is 3.31. The lowest BCUT2D eigenvalue weighted by molar-refractivity contribution is 0.416. The number of pyridine rings is 1. The number of halogens is 2. The van der Waals surface area contributed by atoms with Crippen molar-refractivity contribution in [2.45, 2.75) is 0 Å². The average molecular weight is 306 g/mol. The quantitative estimate of drug-likeness (QED) is 0.757. The topological polar surface area (TPSA) is 26.5 Å². The number of rotatable bonds is 1. The zero-order valence-electron chi connectivity index (χ0n) is 6.79. The fourth-order valence-electron chi connectivity index (χ4n) is 1.15. The first-order chi connectivity index (χ1) is 6.24. The van der Waals surface area contributed by atoms with Gasteiger partial charge in [-0.15, -0.1) is 0 Å². The van der Waals surface area contributed by atoms with Crippen LogP contribution in [-0.2, 0) is 0 Å². The van der Waals surface area contributed by atoms with Crippen LogP contribution in [-0.4, -0.2) is 16.5 Å². The predicted molar refractivity (Wildman–Crippen MR) is 57.1 cm³/mol. The van der Waals surface area contributed by atoms with Crippen LogP contribution in [0.5, 0.6) is 5.75 Å². The van der Waals surface area contributed by atoms with Gasteiger partial charge >= 0.3 is 0 Å². The number of methoxy groups -OCH3 is 1. The average Bonchev–Trinajstić information content (AvgIpc) is 2.60. The van der Waals surface area contributed by atoms with Crippen molar-refractivity contribution in [2.24, 2.45) is 0 Å². The summed E-state index contributed by atoms with van der Waals surface area (Å²) in [6.45, 7) is 0. The van der Waals surface area contributed by atoms with Gasteiger partial charge in [-0.25, -0.2) is 4.98 Å². The van der Waals surface area contributed by atoms with E-state index in [-0.39, 0.29) is 0 Å². The lowest BCUT2D eigenvalue weighted by atomic mass is 10.4. The highest BCUT2D eigenvalue weighted by molar-refractivity contribution is 9.13. The molecule has 0 N–H and O–H groups in total. The Balaban J connectivity index is 2.87. The molecule has 0 amide bonds. The zero-order valence-corrected chi connectivity index (χ0v) is 9.96. The molecule has 3 nitrogen and oxygen atoms in total. The van der Waals surface area contributed by atoms with E-state index >= 15 is 0 Å². The number of ether oxygens (including phenoxy) is 1. The molecule has 0 aromatic carbocycles. The molecule has 0 fully saturated rings. The molecule has 2 aromatic heterocycles. The molecule has 2 rings (SSSR count). The summed E-state index contributed by atoms with van der Waals surface area (Å²) in [6.07, 6.45) is 3.60. The van der Waals surface area contributed by atoms with Gasteiger partial charge in [-0.2, -0.15) is 0 Å². The maximum atomic E-state index is 5.19. The van der Waals surface area contributed by atoms with Gasteiger partial charge in [0.15, 0.2) is 11.4 Å². The molecule has 13 heavy (non-hydrogen) atoms. The summed E-state index contributed by atoms with van der Waals surface area (Å²) >= 11 is 6.86. The summed E-state index contributed by atoms with van der Waals surface area (Å²) in [5.74, 6) is 0.750. The lowest BCUT2D eigenvalue weighted by Crippen LogP contribution is -1.92. The van der Waals surface area contributed by atoms with Gasteiger partial charge in [0, 0.05) is 18.5 Å². The van der Waals surface area contributed by atoms with Gasteiger partial charge in [0.05, 0.1) is 11.6 Å². The molecule has 0 radical (unpaired) electrons. The Morgan fingerprint density at radius 3 is 2.92 bits per heavy atom. The van der Waals surface area contributed by atoms with Crippen LogP contribution in [0.1, 0.15) is 0 Å². The molecule has 0 bridgehead atoms. The highest BCUT2D eigenvalue weighted by Crippen LogP contribution is 2.30. The first-order valence-corrected chi connectivity index (χ1v) is 5.17. The van der Waals surface area contributed by atoms with E-state index in [4.69, 9.17) is 4.74 Å². The number of fused-ring (bicyclic) bond motifs is 1. The smallest absolute Gasteiger partial charge is 0.180 e. The van der Waals surface area contributed by atoms with Crippen molar-refractivity contribution >= 4 is 37.5 Å². The highest BCUT2D eigenvalue weighted by Gasteiger charge is 2.08. The molecular formula is C8H6Br2N2O. The number of aromatic nitrogens is 2. The first kappa shape index (κ1) is 9.02. The highest BCUT2D eigenvalue weighted by atomic mass is 79.9. The monoisotopic (exact) mass is 304 g/mol. The molecule has 0 aliphatic rings. The molecule has 68 valence electrons. The summed E-state index contributed by atoms with van der Waals surface area (Å²) in [7, 11) is 1.63. The molecule has 0 aliphatic carbocycles. The molecule has 0 atom stereocenters. The third-order valence-electron chi connectivity index (χ3n) is 1.75. The maximum absolute atomic E-state index is 5.19. The van der Waals surface area contributed by atoms with E-state index in [1.54, 1.807) is 13.3 Å². The summed E-state index contributed by atoms with van der Waals surface area (Å²) in [6, 6.07) is 1.88. The van der Waals surface area contributed by atoms with E-state index in [2.05, 4.69) is 36.8 Å². The van der Waals surface area contributed by atoms with Crippen LogP contribution < -0.4 is 4.74 Å². The number of hydrogen-bond acceptors (Lipinski definition) is 2. The third kappa shape index (κ3) is 1.36. The largest absolute Gasteiger partial charge is 0.493 e. The second-order valence-corrected chi connectivity index (χ2v) is 4.08. The van der Waals surface area contributed by atoms with Gasteiger partial charge in [0.25, 0.3) is 0 Å². The normalized spacial score (nSPS) is 10.7. The lowest BCUT2D eigenvalue weighted by Gasteiger charge is -2.05. The number of imidazole rings is 1. The van der Waals surface area contributed by atoms with E-state index < -0.39 is 0 Å². The summed E-state index contributed by atoms with van der Waals surface area (Å²) in [4.78, 5) is 4.18. The van der Waals surface area contributed by atoms with Crippen molar-refractivity contribution in [3.05, 3.63) is 27.5 Å². The number of hydrogen-bond donors (Lipinski definition) is 0. The summed E-state index contributed by atoms with van der Waals surface area (Å²) < 4.78 is 8.96. The SMILES string of the molecule is COc1cc(Br)c(Br)n2ccnc12. The van der Waals surface area contributed by atoms with Gasteiger partial charge in [-0.1, -0.05) is 0 Å². The van der Waals surface area contributed by atoms with Crippen molar-refractivity contribution in [3.8, 4) is 5.75 Å². The van der Waals surface area contributed by atoms with Crippen molar-refractivity contribution < 1.29 is 4.74 Å². The van der Waals surface area contributed by atoms with Crippen LogP contribution in [0.25, 0.3) is 5.65 Å². The van der Waals surface area contributed by atoms with Crippen molar-refractivity contribution in [1.29, 1.82) is 0 Å². The molecule has 0 unspecified atom stereocenters. The Hall–Kier alpha value is -0.550. The van der Waals surface area contributed by atoms with Crippen LogP contribution in [0.15, 0.2) is 27.5 Å². The van der Waals surface area contributed by atoms with E-state index in [1.807, 2.05) is 16.7 Å². The van der Waals surface area contributed by atoms with E-state index in [1.165, 1.54) is 0 Å². The molecule has 0 saturated heterocycles. The second-order valence-electron chi connectivity index (χ2n) is 2.47. The molecule has 2 heterocycles. The van der Waals surface area contributed by atoms with Crippen molar-refractivity contribution in [2.75, 3.05) is 7.11 Å². The van der Waals surface area contributed by atoms with Gasteiger partial charge in [0.2, 0.25) is 0 Å². The van der Waals surface area contributed by atoms with Crippen molar-refractivity contribution in [3.63, 3.8) is 0 Å². The first-order valence-electron chi connectivity index (χ1n) is 3.59. The molecule has 2 aromatic rings. The van der Waals surface area contributed by atoms with Gasteiger partial charge in [-0.3, -0.25) is 4.40 Å². The molecule has 0 saturated carbocycles. The summed E-state index contributed by atoms with van der Waals surface area (Å²) in [5, 5.41) is 0. The Kier molecular flexibility index (Phi) is 2.29. The van der Waals surface area contributed by atoms with Crippen LogP contribution in [0.2, 0.25) is 0 Å². The number of nitrogens with zero attached hydrogens (tertiary/aromatic N) is 2. The van der Waals surface area contributed by atoms with Crippen LogP contribution in [0.3, 0.4) is 0 Å². The van der Waals surface area contributed by atoms with Crippen LogP contribution in [0, 0.1) is 0 Å². The van der Waals surface area contributed by atoms with Crippen LogP contribution >= 0.6 is 31.9 Å². The standard InChI is InChI=1S/C8H6Br2N2O/c1-13-6-4-5(9)7(10)12-3-2-11-8(6)12/h2-4H,1H3. The maximum Gasteiger partial charge on any atom is 0.180 e. The Bertz CT molecular complexity index is 453. The third-order valence-corrected chi connectivity index (χ3v) is 3.69. The Morgan fingerprint density at radius 2 is 2.23 bits per heavy atom. The molecule has 0 aliphatic heterocycles. The zero-order chi connectivity index (χ0) is 9.42. The minimum atomic E-state index is 0.750. The fraction of sp³-hybridized carbons (Fsp3) is 0.125. The fourth-order valence-corrected chi connectivity index (χ4v) is 1.95. The molecule has 0 spiro atoms. The molecule has 5 heteroatoms. The Labute approximate surface area is 92.0 Å². The van der Waals surface area contributed by atoms with Gasteiger partial charge < -0.3 is 4.74 Å². The van der Waals surface area contributed by atoms with E-state index in [9.17, 15) is 0 Å². The minimum Gasteiger partial charge on any atom is -0.493 e. The van der Waals surface area contributed by atoms with Gasteiger partial charge in [0.1, 0.15) is 4.60 Å². The minimum absolute atomic E-state index is 0.750. The summed E-state index contributed by atoms with van der Waals surface area (Å²) in [5.41, 5.74) is 0.803. The Morgan fingerprint density at radius 1 is 1.46 bits per heavy atom. The predicted octanol–water partition coefficient (Wildman–Crippen LogP) is 2.87. The van der Waals surface area contributed by atoms with Gasteiger partial charge in [-0.05, 0) is 31.9 Å². The van der Waals surface area contributed by atoms with Crippen molar-refractivity contribution in [1.82, 2.24) is 9.38 Å². The van der Waals surface area contributed by atoms with E-state index in [0.717, 1.165) is 20.5 Å². The molecular weight excluding hydrogens is 300 g/mol. The van der Waals surface area contributed by atoms with E-state index in [0.29, 0.717) is 0 Å². The van der Waals surface area contributed by atoms with Crippen LogP contribution in [0.4, 0.5) is 0 Å².